The molecule has 2 rings (SSSR count). The summed E-state index contributed by atoms with van der Waals surface area (Å²) in [6.45, 7) is 5.88. The summed E-state index contributed by atoms with van der Waals surface area (Å²) in [5.41, 5.74) is 3.35. The van der Waals surface area contributed by atoms with Crippen LogP contribution >= 0.6 is 0 Å². The van der Waals surface area contributed by atoms with Crippen LogP contribution in [0.3, 0.4) is 0 Å². The van der Waals surface area contributed by atoms with E-state index in [1.165, 1.54) is 5.56 Å². The van der Waals surface area contributed by atoms with E-state index < -0.39 is 0 Å². The van der Waals surface area contributed by atoms with Crippen molar-refractivity contribution >= 4 is 0 Å². The SMILES string of the molecule is CCNCc1cnc(C)cc1-n1ccnc1. The fraction of sp³-hybridized carbons (Fsp3) is 0.333. The smallest absolute Gasteiger partial charge is 0.0991 e. The van der Waals surface area contributed by atoms with Crippen LogP contribution in [0.1, 0.15) is 18.2 Å². The minimum atomic E-state index is 0.831. The van der Waals surface area contributed by atoms with Crippen LogP contribution in [0, 0.1) is 6.92 Å². The molecule has 0 saturated carbocycles. The van der Waals surface area contributed by atoms with Crippen LogP contribution in [0.2, 0.25) is 0 Å². The standard InChI is InChI=1S/C12H16N4/c1-3-13-7-11-8-15-10(2)6-12(11)16-5-4-14-9-16/h4-6,8-9,13H,3,7H2,1-2H3. The first-order chi connectivity index (χ1) is 7.81. The van der Waals surface area contributed by atoms with Gasteiger partial charge in [-0.05, 0) is 19.5 Å². The number of hydrogen-bond acceptors (Lipinski definition) is 3. The number of aromatic nitrogens is 3. The Morgan fingerprint density at radius 3 is 3.00 bits per heavy atom. The van der Waals surface area contributed by atoms with Gasteiger partial charge >= 0.3 is 0 Å². The molecule has 0 atom stereocenters. The van der Waals surface area contributed by atoms with Crippen LogP contribution in [0.15, 0.2) is 31.0 Å². The zero-order chi connectivity index (χ0) is 11.4. The maximum atomic E-state index is 4.33. The third kappa shape index (κ3) is 2.28. The van der Waals surface area contributed by atoms with E-state index in [0.717, 1.165) is 24.5 Å². The lowest BCUT2D eigenvalue weighted by atomic mass is 10.2. The Bertz CT molecular complexity index is 448. The van der Waals surface area contributed by atoms with Gasteiger partial charge in [-0.1, -0.05) is 6.92 Å². The highest BCUT2D eigenvalue weighted by Crippen LogP contribution is 2.14. The molecule has 0 aliphatic heterocycles. The van der Waals surface area contributed by atoms with Crippen molar-refractivity contribution < 1.29 is 0 Å². The minimum Gasteiger partial charge on any atom is -0.313 e. The van der Waals surface area contributed by atoms with Gasteiger partial charge in [-0.25, -0.2) is 4.98 Å². The van der Waals surface area contributed by atoms with Gasteiger partial charge < -0.3 is 9.88 Å². The number of aryl methyl sites for hydroxylation is 1. The second-order valence-corrected chi connectivity index (χ2v) is 3.70. The molecule has 0 amide bonds. The topological polar surface area (TPSA) is 42.7 Å². The van der Waals surface area contributed by atoms with E-state index in [9.17, 15) is 0 Å². The zero-order valence-corrected chi connectivity index (χ0v) is 9.64. The molecule has 0 unspecified atom stereocenters. The zero-order valence-electron chi connectivity index (χ0n) is 9.64. The third-order valence-electron chi connectivity index (χ3n) is 2.45. The molecule has 0 fully saturated rings. The summed E-state index contributed by atoms with van der Waals surface area (Å²) in [5, 5.41) is 3.31. The van der Waals surface area contributed by atoms with Crippen LogP contribution in [0.25, 0.3) is 5.69 Å². The van der Waals surface area contributed by atoms with Gasteiger partial charge in [0.25, 0.3) is 0 Å². The molecular formula is C12H16N4. The highest BCUT2D eigenvalue weighted by atomic mass is 15.0. The van der Waals surface area contributed by atoms with Gasteiger partial charge in [0.1, 0.15) is 0 Å². The monoisotopic (exact) mass is 216 g/mol. The Labute approximate surface area is 95.4 Å². The largest absolute Gasteiger partial charge is 0.313 e. The Kier molecular flexibility index (Phi) is 3.31. The van der Waals surface area contributed by atoms with Crippen molar-refractivity contribution in [3.63, 3.8) is 0 Å². The summed E-state index contributed by atoms with van der Waals surface area (Å²) < 4.78 is 2.02. The molecule has 0 spiro atoms. The van der Waals surface area contributed by atoms with E-state index in [0.29, 0.717) is 0 Å². The van der Waals surface area contributed by atoms with Crippen LogP contribution in [0.5, 0.6) is 0 Å². The van der Waals surface area contributed by atoms with E-state index in [-0.39, 0.29) is 0 Å². The van der Waals surface area contributed by atoms with Gasteiger partial charge in [0.2, 0.25) is 0 Å². The molecule has 0 bridgehead atoms. The van der Waals surface area contributed by atoms with E-state index in [4.69, 9.17) is 0 Å². The quantitative estimate of drug-likeness (QED) is 0.845. The van der Waals surface area contributed by atoms with E-state index in [1.807, 2.05) is 30.2 Å². The second kappa shape index (κ2) is 4.90. The van der Waals surface area contributed by atoms with Gasteiger partial charge in [0, 0.05) is 36.4 Å². The Morgan fingerprint density at radius 2 is 2.31 bits per heavy atom. The van der Waals surface area contributed by atoms with Gasteiger partial charge in [-0.2, -0.15) is 0 Å². The predicted molar refractivity (Wildman–Crippen MR) is 63.5 cm³/mol. The molecule has 2 aromatic rings. The second-order valence-electron chi connectivity index (χ2n) is 3.70. The summed E-state index contributed by atoms with van der Waals surface area (Å²) in [7, 11) is 0. The van der Waals surface area contributed by atoms with Crippen molar-refractivity contribution in [1.29, 1.82) is 0 Å². The first-order valence-electron chi connectivity index (χ1n) is 5.46. The Morgan fingerprint density at radius 1 is 1.44 bits per heavy atom. The summed E-state index contributed by atoms with van der Waals surface area (Å²) >= 11 is 0. The summed E-state index contributed by atoms with van der Waals surface area (Å²) in [4.78, 5) is 8.40. The number of hydrogen-bond donors (Lipinski definition) is 1. The van der Waals surface area contributed by atoms with Crippen LogP contribution in [0.4, 0.5) is 0 Å². The lowest BCUT2D eigenvalue weighted by Crippen LogP contribution is -2.14. The van der Waals surface area contributed by atoms with Crippen molar-refractivity contribution in [2.45, 2.75) is 20.4 Å². The van der Waals surface area contributed by atoms with Crippen LogP contribution < -0.4 is 5.32 Å². The van der Waals surface area contributed by atoms with Crippen LogP contribution in [-0.4, -0.2) is 21.1 Å². The van der Waals surface area contributed by atoms with E-state index in [1.54, 1.807) is 6.20 Å². The summed E-state index contributed by atoms with van der Waals surface area (Å²) in [6, 6.07) is 2.08. The molecule has 4 nitrogen and oxygen atoms in total. The molecule has 16 heavy (non-hydrogen) atoms. The highest BCUT2D eigenvalue weighted by Gasteiger charge is 2.04. The molecular weight excluding hydrogens is 200 g/mol. The molecule has 2 heterocycles. The first-order valence-corrected chi connectivity index (χ1v) is 5.46. The van der Waals surface area contributed by atoms with E-state index >= 15 is 0 Å². The minimum absolute atomic E-state index is 0.831. The summed E-state index contributed by atoms with van der Waals surface area (Å²) in [5.74, 6) is 0. The molecule has 0 saturated heterocycles. The molecule has 2 aromatic heterocycles. The average Bonchev–Trinajstić information content (AvgIpc) is 2.80. The molecule has 1 N–H and O–H groups in total. The molecule has 84 valence electrons. The van der Waals surface area contributed by atoms with Gasteiger partial charge in [0.15, 0.2) is 0 Å². The third-order valence-corrected chi connectivity index (χ3v) is 2.45. The van der Waals surface area contributed by atoms with Gasteiger partial charge in [-0.15, -0.1) is 0 Å². The maximum absolute atomic E-state index is 4.33. The van der Waals surface area contributed by atoms with Crippen molar-refractivity contribution in [2.24, 2.45) is 0 Å². The summed E-state index contributed by atoms with van der Waals surface area (Å²) in [6.07, 6.45) is 7.47. The average molecular weight is 216 g/mol. The highest BCUT2D eigenvalue weighted by molar-refractivity contribution is 5.40. The molecule has 0 aliphatic carbocycles. The normalized spacial score (nSPS) is 10.6. The Balaban J connectivity index is 2.37. The number of rotatable bonds is 4. The van der Waals surface area contributed by atoms with Gasteiger partial charge in [-0.3, -0.25) is 4.98 Å². The fourth-order valence-electron chi connectivity index (χ4n) is 1.61. The number of pyridine rings is 1. The van der Waals surface area contributed by atoms with Crippen molar-refractivity contribution in [2.75, 3.05) is 6.54 Å². The van der Waals surface area contributed by atoms with Gasteiger partial charge in [0.05, 0.1) is 12.0 Å². The predicted octanol–water partition coefficient (Wildman–Crippen LogP) is 1.69. The van der Waals surface area contributed by atoms with Crippen molar-refractivity contribution in [3.05, 3.63) is 42.2 Å². The first kappa shape index (κ1) is 10.8. The molecule has 0 radical (unpaired) electrons. The number of imidazole rings is 1. The van der Waals surface area contributed by atoms with Crippen molar-refractivity contribution in [3.8, 4) is 5.69 Å². The molecule has 4 heteroatoms. The van der Waals surface area contributed by atoms with Crippen molar-refractivity contribution in [1.82, 2.24) is 19.9 Å². The number of nitrogens with zero attached hydrogens (tertiary/aromatic N) is 3. The lowest BCUT2D eigenvalue weighted by Gasteiger charge is -2.10. The lowest BCUT2D eigenvalue weighted by molar-refractivity contribution is 0.719. The fourth-order valence-corrected chi connectivity index (χ4v) is 1.61. The van der Waals surface area contributed by atoms with Crippen LogP contribution in [-0.2, 0) is 6.54 Å². The Hall–Kier alpha value is -1.68. The number of nitrogens with one attached hydrogen (secondary N) is 1. The van der Waals surface area contributed by atoms with E-state index in [2.05, 4.69) is 28.3 Å². The molecule has 0 aliphatic rings. The maximum Gasteiger partial charge on any atom is 0.0991 e. The molecule has 0 aromatic carbocycles.